The quantitative estimate of drug-likeness (QED) is 0.235. The molecule has 0 spiro atoms. The van der Waals surface area contributed by atoms with Gasteiger partial charge in [0, 0.05) is 15.1 Å². The zero-order valence-corrected chi connectivity index (χ0v) is 20.6. The lowest BCUT2D eigenvalue weighted by Gasteiger charge is -2.14. The van der Waals surface area contributed by atoms with E-state index in [0.29, 0.717) is 39.3 Å². The van der Waals surface area contributed by atoms with Gasteiger partial charge in [-0.25, -0.2) is 9.79 Å². The second-order valence-electron chi connectivity index (χ2n) is 7.02. The van der Waals surface area contributed by atoms with E-state index in [0.717, 1.165) is 10.0 Å². The molecule has 0 aliphatic carbocycles. The van der Waals surface area contributed by atoms with Gasteiger partial charge >= 0.3 is 5.97 Å². The zero-order chi connectivity index (χ0) is 23.4. The van der Waals surface area contributed by atoms with Crippen molar-refractivity contribution in [2.45, 2.75) is 13.5 Å². The van der Waals surface area contributed by atoms with Crippen molar-refractivity contribution in [3.05, 3.63) is 97.6 Å². The van der Waals surface area contributed by atoms with Crippen LogP contribution in [-0.4, -0.2) is 18.5 Å². The fraction of sp³-hybridized carbons (Fsp3) is 0.120. The third kappa shape index (κ3) is 5.77. The normalized spacial score (nSPS) is 14.2. The third-order valence-electron chi connectivity index (χ3n) is 4.62. The predicted octanol–water partition coefficient (Wildman–Crippen LogP) is 7.08. The second-order valence-corrected chi connectivity index (χ2v) is 8.78. The van der Waals surface area contributed by atoms with E-state index < -0.39 is 5.97 Å². The molecule has 8 heteroatoms. The van der Waals surface area contributed by atoms with Gasteiger partial charge in [-0.3, -0.25) is 0 Å². The predicted molar refractivity (Wildman–Crippen MR) is 133 cm³/mol. The summed E-state index contributed by atoms with van der Waals surface area (Å²) in [4.78, 5) is 16.7. The van der Waals surface area contributed by atoms with E-state index in [1.165, 1.54) is 0 Å². The average molecular weight is 547 g/mol. The highest BCUT2D eigenvalue weighted by Gasteiger charge is 2.24. The Morgan fingerprint density at radius 2 is 1.85 bits per heavy atom. The summed E-state index contributed by atoms with van der Waals surface area (Å²) in [6.45, 7) is 2.55. The number of halogens is 3. The van der Waals surface area contributed by atoms with Crippen molar-refractivity contribution in [3.8, 4) is 11.5 Å². The molecule has 0 saturated heterocycles. The van der Waals surface area contributed by atoms with E-state index in [4.69, 9.17) is 37.4 Å². The van der Waals surface area contributed by atoms with Crippen molar-refractivity contribution in [2.24, 2.45) is 4.99 Å². The van der Waals surface area contributed by atoms with E-state index in [9.17, 15) is 4.79 Å². The second kappa shape index (κ2) is 10.4. The van der Waals surface area contributed by atoms with Gasteiger partial charge in [-0.1, -0.05) is 51.3 Å². The summed E-state index contributed by atoms with van der Waals surface area (Å²) >= 11 is 15.9. The molecule has 5 nitrogen and oxygen atoms in total. The molecule has 0 aromatic heterocycles. The number of carbonyl (C=O) groups is 1. The molecular weight excluding hydrogens is 529 g/mol. The largest absolute Gasteiger partial charge is 0.490 e. The van der Waals surface area contributed by atoms with Crippen LogP contribution in [0.15, 0.2) is 75.8 Å². The highest BCUT2D eigenvalue weighted by atomic mass is 79.9. The molecule has 1 aliphatic rings. The van der Waals surface area contributed by atoms with Gasteiger partial charge in [-0.15, -0.1) is 0 Å². The van der Waals surface area contributed by atoms with E-state index >= 15 is 0 Å². The van der Waals surface area contributed by atoms with Gasteiger partial charge in [0.05, 0.1) is 11.6 Å². The average Bonchev–Trinajstić information content (AvgIpc) is 3.14. The molecule has 0 radical (unpaired) electrons. The topological polar surface area (TPSA) is 57.1 Å². The summed E-state index contributed by atoms with van der Waals surface area (Å²) < 4.78 is 17.9. The Bertz CT molecular complexity index is 1260. The van der Waals surface area contributed by atoms with E-state index in [2.05, 4.69) is 20.9 Å². The molecule has 0 bridgehead atoms. The van der Waals surface area contributed by atoms with Gasteiger partial charge in [0.2, 0.25) is 5.90 Å². The van der Waals surface area contributed by atoms with Crippen molar-refractivity contribution >= 4 is 57.1 Å². The van der Waals surface area contributed by atoms with Crippen molar-refractivity contribution < 1.29 is 19.0 Å². The maximum atomic E-state index is 12.4. The summed E-state index contributed by atoms with van der Waals surface area (Å²) in [5.74, 6) is 0.579. The third-order valence-corrected chi connectivity index (χ3v) is 5.66. The van der Waals surface area contributed by atoms with Crippen LogP contribution in [0.2, 0.25) is 10.0 Å². The van der Waals surface area contributed by atoms with Gasteiger partial charge in [-0.05, 0) is 72.7 Å². The lowest BCUT2D eigenvalue weighted by atomic mass is 10.1. The van der Waals surface area contributed by atoms with E-state index in [-0.39, 0.29) is 18.2 Å². The number of nitrogens with zero attached hydrogens (tertiary/aromatic N) is 1. The highest BCUT2D eigenvalue weighted by molar-refractivity contribution is 9.10. The van der Waals surface area contributed by atoms with Crippen LogP contribution in [0, 0.1) is 0 Å². The Labute approximate surface area is 209 Å². The maximum absolute atomic E-state index is 12.4. The number of rotatable bonds is 7. The minimum Gasteiger partial charge on any atom is -0.490 e. The van der Waals surface area contributed by atoms with E-state index in [1.807, 2.05) is 49.4 Å². The van der Waals surface area contributed by atoms with Gasteiger partial charge in [0.15, 0.2) is 17.2 Å². The van der Waals surface area contributed by atoms with Crippen LogP contribution >= 0.6 is 39.1 Å². The summed E-state index contributed by atoms with van der Waals surface area (Å²) in [5.41, 5.74) is 2.40. The number of benzene rings is 3. The van der Waals surface area contributed by atoms with Gasteiger partial charge in [-0.2, -0.15) is 0 Å². The molecule has 0 N–H and O–H groups in total. The molecule has 0 unspecified atom stereocenters. The summed E-state index contributed by atoms with van der Waals surface area (Å²) in [6.07, 6.45) is 1.60. The van der Waals surface area contributed by atoms with Crippen LogP contribution in [-0.2, 0) is 16.1 Å². The Morgan fingerprint density at radius 1 is 1.06 bits per heavy atom. The summed E-state index contributed by atoms with van der Waals surface area (Å²) in [5, 5.41) is 0.971. The number of hydrogen-bond donors (Lipinski definition) is 0. The van der Waals surface area contributed by atoms with Crippen molar-refractivity contribution in [1.29, 1.82) is 0 Å². The van der Waals surface area contributed by atoms with E-state index in [1.54, 1.807) is 24.3 Å². The molecule has 1 aliphatic heterocycles. The molecule has 0 fully saturated rings. The molecule has 0 saturated carbocycles. The Balaban J connectivity index is 1.61. The highest BCUT2D eigenvalue weighted by Crippen LogP contribution is 2.38. The number of cyclic esters (lactones) is 1. The van der Waals surface area contributed by atoms with Gasteiger partial charge in [0.1, 0.15) is 6.61 Å². The Morgan fingerprint density at radius 3 is 2.58 bits per heavy atom. The Kier molecular flexibility index (Phi) is 7.38. The maximum Gasteiger partial charge on any atom is 0.363 e. The Hall–Kier alpha value is -2.80. The smallest absolute Gasteiger partial charge is 0.363 e. The monoisotopic (exact) mass is 545 g/mol. The standard InChI is InChI=1S/C25H18BrCl2NO4/c1-2-31-22-13-16(11-20(28)23(22)32-14-15-4-3-5-19(27)10-15)12-21-25(30)33-24(29-21)17-6-8-18(26)9-7-17/h3-13H,2,14H2,1H3/b21-12-. The molecular formula is C25H18BrCl2NO4. The van der Waals surface area contributed by atoms with Crippen molar-refractivity contribution in [3.63, 3.8) is 0 Å². The number of ether oxygens (including phenoxy) is 3. The molecule has 0 amide bonds. The first-order valence-electron chi connectivity index (χ1n) is 10.0. The van der Waals surface area contributed by atoms with Crippen molar-refractivity contribution in [2.75, 3.05) is 6.61 Å². The molecule has 33 heavy (non-hydrogen) atoms. The first kappa shape index (κ1) is 23.4. The molecule has 3 aromatic rings. The summed E-state index contributed by atoms with van der Waals surface area (Å²) in [7, 11) is 0. The fourth-order valence-corrected chi connectivity index (χ4v) is 3.89. The van der Waals surface area contributed by atoms with Crippen LogP contribution in [0.5, 0.6) is 11.5 Å². The zero-order valence-electron chi connectivity index (χ0n) is 17.5. The van der Waals surface area contributed by atoms with Crippen LogP contribution in [0.25, 0.3) is 6.08 Å². The number of aliphatic imine (C=N–C) groups is 1. The molecule has 3 aromatic carbocycles. The molecule has 1 heterocycles. The minimum absolute atomic E-state index is 0.166. The number of esters is 1. The molecule has 4 rings (SSSR count). The fourth-order valence-electron chi connectivity index (χ4n) is 3.14. The minimum atomic E-state index is -0.539. The SMILES string of the molecule is CCOc1cc(/C=C2\N=C(c3ccc(Br)cc3)OC2=O)cc(Cl)c1OCc1cccc(Cl)c1. The molecule has 168 valence electrons. The van der Waals surface area contributed by atoms with Crippen LogP contribution < -0.4 is 9.47 Å². The first-order chi connectivity index (χ1) is 15.9. The van der Waals surface area contributed by atoms with Gasteiger partial charge in [0.25, 0.3) is 0 Å². The molecule has 0 atom stereocenters. The lowest BCUT2D eigenvalue weighted by Crippen LogP contribution is -2.05. The van der Waals surface area contributed by atoms with Crippen LogP contribution in [0.3, 0.4) is 0 Å². The van der Waals surface area contributed by atoms with Crippen LogP contribution in [0.1, 0.15) is 23.6 Å². The first-order valence-corrected chi connectivity index (χ1v) is 11.6. The van der Waals surface area contributed by atoms with Crippen molar-refractivity contribution in [1.82, 2.24) is 0 Å². The van der Waals surface area contributed by atoms with Gasteiger partial charge < -0.3 is 14.2 Å². The number of hydrogen-bond acceptors (Lipinski definition) is 5. The number of carbonyl (C=O) groups excluding carboxylic acids is 1. The van der Waals surface area contributed by atoms with Crippen LogP contribution in [0.4, 0.5) is 0 Å². The lowest BCUT2D eigenvalue weighted by molar-refractivity contribution is -0.129. The summed E-state index contributed by atoms with van der Waals surface area (Å²) in [6, 6.07) is 18.1.